The molecule has 1 amide bonds. The Morgan fingerprint density at radius 1 is 1.03 bits per heavy atom. The molecule has 1 aromatic heterocycles. The predicted molar refractivity (Wildman–Crippen MR) is 134 cm³/mol. The van der Waals surface area contributed by atoms with Gasteiger partial charge in [0.1, 0.15) is 5.82 Å². The van der Waals surface area contributed by atoms with E-state index in [0.29, 0.717) is 23.9 Å². The average molecular weight is 488 g/mol. The van der Waals surface area contributed by atoms with Gasteiger partial charge in [0.15, 0.2) is 11.5 Å². The highest BCUT2D eigenvalue weighted by molar-refractivity contribution is 5.90. The third-order valence-electron chi connectivity index (χ3n) is 6.21. The number of benzene rings is 3. The Morgan fingerprint density at radius 2 is 1.78 bits per heavy atom. The molecule has 184 valence electrons. The molecule has 0 fully saturated rings. The number of carbonyl (C=O) groups excluding carboxylic acids is 1. The van der Waals surface area contributed by atoms with Crippen LogP contribution >= 0.6 is 0 Å². The maximum Gasteiger partial charge on any atom is 0.250 e. The van der Waals surface area contributed by atoms with Crippen LogP contribution < -0.4 is 20.1 Å². The second kappa shape index (κ2) is 10.1. The van der Waals surface area contributed by atoms with E-state index < -0.39 is 0 Å². The maximum absolute atomic E-state index is 13.6. The van der Waals surface area contributed by atoms with Crippen molar-refractivity contribution < 1.29 is 18.7 Å². The van der Waals surface area contributed by atoms with E-state index in [-0.39, 0.29) is 36.2 Å². The summed E-state index contributed by atoms with van der Waals surface area (Å²) < 4.78 is 25.9. The molecule has 2 heterocycles. The van der Waals surface area contributed by atoms with Crippen molar-refractivity contribution in [1.82, 2.24) is 14.8 Å². The fraction of sp³-hybridized carbons (Fsp3) is 0.222. The number of hydrogen-bond acceptors (Lipinski definition) is 6. The van der Waals surface area contributed by atoms with Crippen LogP contribution in [0.4, 0.5) is 16.3 Å². The number of nitrogens with one attached hydrogen (secondary N) is 2. The SMILES string of the molecule is COc1ccc(CC(=O)Nc2nc3n(n2)[C@H](c2ccc(F)cc2)C[C@@H](c2ccccc2)N3)cc1OC. The number of amides is 1. The normalized spacial score (nSPS) is 16.5. The zero-order valence-electron chi connectivity index (χ0n) is 19.9. The van der Waals surface area contributed by atoms with E-state index in [9.17, 15) is 9.18 Å². The van der Waals surface area contributed by atoms with Gasteiger partial charge in [0, 0.05) is 0 Å². The highest BCUT2D eigenvalue weighted by Gasteiger charge is 2.31. The molecule has 9 heteroatoms. The van der Waals surface area contributed by atoms with E-state index >= 15 is 0 Å². The van der Waals surface area contributed by atoms with Gasteiger partial charge >= 0.3 is 0 Å². The first-order valence-corrected chi connectivity index (χ1v) is 11.6. The van der Waals surface area contributed by atoms with Crippen molar-refractivity contribution in [2.75, 3.05) is 24.9 Å². The highest BCUT2D eigenvalue weighted by atomic mass is 19.1. The summed E-state index contributed by atoms with van der Waals surface area (Å²) in [5.41, 5.74) is 2.78. The van der Waals surface area contributed by atoms with Crippen LogP contribution in [0.1, 0.15) is 35.2 Å². The number of anilines is 2. The first-order valence-electron chi connectivity index (χ1n) is 11.6. The molecule has 36 heavy (non-hydrogen) atoms. The van der Waals surface area contributed by atoms with Gasteiger partial charge in [-0.2, -0.15) is 4.98 Å². The van der Waals surface area contributed by atoms with Crippen molar-refractivity contribution in [3.8, 4) is 11.5 Å². The molecule has 0 saturated carbocycles. The molecule has 3 aromatic carbocycles. The highest BCUT2D eigenvalue weighted by Crippen LogP contribution is 2.38. The number of halogens is 1. The number of methoxy groups -OCH3 is 2. The van der Waals surface area contributed by atoms with Gasteiger partial charge in [-0.3, -0.25) is 10.1 Å². The Balaban J connectivity index is 1.39. The van der Waals surface area contributed by atoms with Gasteiger partial charge in [0.2, 0.25) is 11.9 Å². The van der Waals surface area contributed by atoms with Gasteiger partial charge in [-0.25, -0.2) is 9.07 Å². The number of hydrogen-bond donors (Lipinski definition) is 2. The van der Waals surface area contributed by atoms with Crippen molar-refractivity contribution in [3.63, 3.8) is 0 Å². The minimum atomic E-state index is -0.297. The monoisotopic (exact) mass is 487 g/mol. The van der Waals surface area contributed by atoms with Gasteiger partial charge in [0.25, 0.3) is 5.95 Å². The Bertz CT molecular complexity index is 1360. The first-order chi connectivity index (χ1) is 17.5. The zero-order valence-corrected chi connectivity index (χ0v) is 19.9. The summed E-state index contributed by atoms with van der Waals surface area (Å²) in [6.45, 7) is 0. The van der Waals surface area contributed by atoms with Crippen LogP contribution in [0.25, 0.3) is 0 Å². The minimum Gasteiger partial charge on any atom is -0.493 e. The quantitative estimate of drug-likeness (QED) is 0.391. The number of fused-ring (bicyclic) bond motifs is 1. The Labute approximate surface area is 208 Å². The summed E-state index contributed by atoms with van der Waals surface area (Å²) in [5.74, 6) is 1.32. The predicted octanol–water partition coefficient (Wildman–Crippen LogP) is 4.76. The maximum atomic E-state index is 13.6. The molecule has 2 atom stereocenters. The van der Waals surface area contributed by atoms with Crippen LogP contribution in [0.2, 0.25) is 0 Å². The molecule has 1 aliphatic rings. The van der Waals surface area contributed by atoms with Crippen LogP contribution in [-0.2, 0) is 11.2 Å². The topological polar surface area (TPSA) is 90.3 Å². The Hall–Kier alpha value is -4.40. The van der Waals surface area contributed by atoms with Crippen molar-refractivity contribution >= 4 is 17.8 Å². The average Bonchev–Trinajstić information content (AvgIpc) is 3.31. The van der Waals surface area contributed by atoms with E-state index in [1.165, 1.54) is 12.1 Å². The van der Waals surface area contributed by atoms with Crippen LogP contribution in [-0.4, -0.2) is 34.9 Å². The molecule has 0 aliphatic carbocycles. The van der Waals surface area contributed by atoms with Gasteiger partial charge in [-0.15, -0.1) is 5.10 Å². The summed E-state index contributed by atoms with van der Waals surface area (Å²) in [7, 11) is 3.11. The van der Waals surface area contributed by atoms with Gasteiger partial charge in [0.05, 0.1) is 32.7 Å². The lowest BCUT2D eigenvalue weighted by molar-refractivity contribution is -0.115. The number of rotatable bonds is 7. The lowest BCUT2D eigenvalue weighted by atomic mass is 9.93. The van der Waals surface area contributed by atoms with Crippen molar-refractivity contribution in [3.05, 3.63) is 95.3 Å². The number of aromatic nitrogens is 3. The molecule has 8 nitrogen and oxygen atoms in total. The van der Waals surface area contributed by atoms with Crippen molar-refractivity contribution in [2.24, 2.45) is 0 Å². The van der Waals surface area contributed by atoms with Crippen LogP contribution in [0.3, 0.4) is 0 Å². The molecular formula is C27H26FN5O3. The van der Waals surface area contributed by atoms with E-state index in [1.807, 2.05) is 24.3 Å². The van der Waals surface area contributed by atoms with E-state index in [2.05, 4.69) is 32.8 Å². The van der Waals surface area contributed by atoms with Crippen LogP contribution in [0.15, 0.2) is 72.8 Å². The lowest BCUT2D eigenvalue weighted by Gasteiger charge is -2.31. The summed E-state index contributed by atoms with van der Waals surface area (Å²) in [5, 5.41) is 10.8. The van der Waals surface area contributed by atoms with Gasteiger partial charge < -0.3 is 14.8 Å². The van der Waals surface area contributed by atoms with Crippen molar-refractivity contribution in [2.45, 2.75) is 24.9 Å². The third-order valence-corrected chi connectivity index (χ3v) is 6.21. The summed E-state index contributed by atoms with van der Waals surface area (Å²) in [6.07, 6.45) is 0.802. The molecule has 4 aromatic rings. The molecule has 1 aliphatic heterocycles. The Morgan fingerprint density at radius 3 is 2.50 bits per heavy atom. The molecule has 0 radical (unpaired) electrons. The molecule has 0 spiro atoms. The fourth-order valence-corrected chi connectivity index (χ4v) is 4.44. The van der Waals surface area contributed by atoms with E-state index in [1.54, 1.807) is 43.2 Å². The summed E-state index contributed by atoms with van der Waals surface area (Å²) >= 11 is 0. The summed E-state index contributed by atoms with van der Waals surface area (Å²) in [4.78, 5) is 17.3. The first kappa shape index (κ1) is 23.3. The lowest BCUT2D eigenvalue weighted by Crippen LogP contribution is -2.28. The second-order valence-corrected chi connectivity index (χ2v) is 8.53. The third kappa shape index (κ3) is 4.86. The van der Waals surface area contributed by atoms with Gasteiger partial charge in [-0.05, 0) is 47.4 Å². The largest absolute Gasteiger partial charge is 0.493 e. The number of ether oxygens (including phenoxy) is 2. The Kier molecular flexibility index (Phi) is 6.53. The van der Waals surface area contributed by atoms with Crippen molar-refractivity contribution in [1.29, 1.82) is 0 Å². The standard InChI is InChI=1S/C27H26FN5O3/c1-35-23-13-8-17(14-24(23)36-2)15-25(34)30-26-31-27-29-21(18-6-4-3-5-7-18)16-22(33(27)32-26)19-9-11-20(28)12-10-19/h3-14,21-22H,15-16H2,1-2H3,(H2,29,30,31,32,34)/t21-,22-/m0/s1. The molecule has 0 saturated heterocycles. The number of carbonyl (C=O) groups is 1. The minimum absolute atomic E-state index is 0.0201. The smallest absolute Gasteiger partial charge is 0.250 e. The molecule has 0 unspecified atom stereocenters. The summed E-state index contributed by atoms with van der Waals surface area (Å²) in [6, 6.07) is 21.6. The molecule has 0 bridgehead atoms. The van der Waals surface area contributed by atoms with Gasteiger partial charge in [-0.1, -0.05) is 48.5 Å². The zero-order chi connectivity index (χ0) is 25.1. The van der Waals surface area contributed by atoms with Crippen LogP contribution in [0.5, 0.6) is 11.5 Å². The van der Waals surface area contributed by atoms with E-state index in [4.69, 9.17) is 9.47 Å². The molecule has 5 rings (SSSR count). The molecule has 2 N–H and O–H groups in total. The van der Waals surface area contributed by atoms with Crippen LogP contribution in [0, 0.1) is 5.82 Å². The second-order valence-electron chi connectivity index (χ2n) is 8.53. The van der Waals surface area contributed by atoms with E-state index in [0.717, 1.165) is 16.7 Å². The molecular weight excluding hydrogens is 461 g/mol. The number of nitrogens with zero attached hydrogens (tertiary/aromatic N) is 3. The fourth-order valence-electron chi connectivity index (χ4n) is 4.44.